The third-order valence-corrected chi connectivity index (χ3v) is 4.98. The van der Waals surface area contributed by atoms with Crippen LogP contribution in [0.2, 0.25) is 5.02 Å². The lowest BCUT2D eigenvalue weighted by molar-refractivity contribution is -0.121. The molecule has 0 unspecified atom stereocenters. The predicted octanol–water partition coefficient (Wildman–Crippen LogP) is 1.91. The van der Waals surface area contributed by atoms with Crippen molar-refractivity contribution >= 4 is 29.1 Å². The molecular formula is C17H22ClN3O3. The summed E-state index contributed by atoms with van der Waals surface area (Å²) in [5.41, 5.74) is 0.901. The van der Waals surface area contributed by atoms with E-state index in [2.05, 4.69) is 17.1 Å². The number of carbonyl (C=O) groups excluding carboxylic acids is 2. The number of nitrogens with one attached hydrogen (secondary N) is 1. The minimum Gasteiger partial charge on any atom is -0.481 e. The normalized spacial score (nSPS) is 20.7. The minimum absolute atomic E-state index is 0.0718. The Bertz CT molecular complexity index is 665. The monoisotopic (exact) mass is 351 g/mol. The molecule has 0 bridgehead atoms. The maximum atomic E-state index is 12.6. The van der Waals surface area contributed by atoms with Crippen LogP contribution in [0.4, 0.5) is 5.69 Å². The van der Waals surface area contributed by atoms with E-state index in [1.165, 1.54) is 4.90 Å². The van der Waals surface area contributed by atoms with E-state index in [1.807, 2.05) is 0 Å². The van der Waals surface area contributed by atoms with E-state index in [4.69, 9.17) is 16.3 Å². The first-order chi connectivity index (χ1) is 11.5. The molecule has 2 amide bonds. The van der Waals surface area contributed by atoms with Crippen LogP contribution < -0.4 is 15.0 Å². The summed E-state index contributed by atoms with van der Waals surface area (Å²) in [4.78, 5) is 28.2. The molecule has 2 aliphatic rings. The standard InChI is InChI=1S/C17H22ClN3O3/c1-3-21-6-4-5-12(21)9-19-17(23)13-7-11(18)8-14-16(13)24-10-15(22)20(14)2/h7-8,12H,3-6,9-10H2,1-2H3,(H,19,23)/t12-/m0/s1. The molecule has 0 radical (unpaired) electrons. The highest BCUT2D eigenvalue weighted by Gasteiger charge is 2.29. The van der Waals surface area contributed by atoms with Crippen LogP contribution in [0.5, 0.6) is 5.75 Å². The molecule has 2 aliphatic heterocycles. The van der Waals surface area contributed by atoms with Crippen LogP contribution in [0.3, 0.4) is 0 Å². The van der Waals surface area contributed by atoms with E-state index < -0.39 is 0 Å². The molecule has 0 aliphatic carbocycles. The van der Waals surface area contributed by atoms with Crippen molar-refractivity contribution in [2.75, 3.05) is 38.2 Å². The lowest BCUT2D eigenvalue weighted by Gasteiger charge is -2.28. The summed E-state index contributed by atoms with van der Waals surface area (Å²) >= 11 is 6.13. The summed E-state index contributed by atoms with van der Waals surface area (Å²) in [5, 5.41) is 3.39. The van der Waals surface area contributed by atoms with Crippen LogP contribution in [0.1, 0.15) is 30.1 Å². The first kappa shape index (κ1) is 17.0. The molecule has 7 heteroatoms. The molecule has 1 N–H and O–H groups in total. The van der Waals surface area contributed by atoms with Crippen molar-refractivity contribution in [2.45, 2.75) is 25.8 Å². The second-order valence-corrected chi connectivity index (χ2v) is 6.61. The van der Waals surface area contributed by atoms with Crippen LogP contribution >= 0.6 is 11.6 Å². The topological polar surface area (TPSA) is 61.9 Å². The molecule has 24 heavy (non-hydrogen) atoms. The number of halogens is 1. The Labute approximate surface area is 146 Å². The second kappa shape index (κ2) is 6.99. The molecule has 0 spiro atoms. The zero-order chi connectivity index (χ0) is 17.3. The van der Waals surface area contributed by atoms with Crippen molar-refractivity contribution in [3.63, 3.8) is 0 Å². The number of likely N-dealkylation sites (N-methyl/N-ethyl adjacent to an activating group) is 2. The molecule has 130 valence electrons. The highest BCUT2D eigenvalue weighted by Crippen LogP contribution is 2.37. The molecule has 0 saturated carbocycles. The highest BCUT2D eigenvalue weighted by molar-refractivity contribution is 6.31. The highest BCUT2D eigenvalue weighted by atomic mass is 35.5. The Morgan fingerprint density at radius 1 is 1.46 bits per heavy atom. The van der Waals surface area contributed by atoms with Crippen molar-refractivity contribution in [2.24, 2.45) is 0 Å². The third kappa shape index (κ3) is 3.21. The SMILES string of the molecule is CCN1CCC[C@H]1CNC(=O)c1cc(Cl)cc2c1OCC(=O)N2C. The summed E-state index contributed by atoms with van der Waals surface area (Å²) in [6.45, 7) is 4.73. The van der Waals surface area contributed by atoms with E-state index in [9.17, 15) is 9.59 Å². The number of anilines is 1. The van der Waals surface area contributed by atoms with Gasteiger partial charge in [0, 0.05) is 24.7 Å². The fraction of sp³-hybridized carbons (Fsp3) is 0.529. The average molecular weight is 352 g/mol. The quantitative estimate of drug-likeness (QED) is 0.900. The third-order valence-electron chi connectivity index (χ3n) is 4.76. The van der Waals surface area contributed by atoms with Gasteiger partial charge in [0.25, 0.3) is 11.8 Å². The van der Waals surface area contributed by atoms with Crippen molar-refractivity contribution < 1.29 is 14.3 Å². The van der Waals surface area contributed by atoms with E-state index in [0.29, 0.717) is 34.6 Å². The molecule has 1 aromatic rings. The predicted molar refractivity (Wildman–Crippen MR) is 93.0 cm³/mol. The van der Waals surface area contributed by atoms with Crippen LogP contribution in [-0.2, 0) is 4.79 Å². The minimum atomic E-state index is -0.223. The van der Waals surface area contributed by atoms with Crippen molar-refractivity contribution in [1.82, 2.24) is 10.2 Å². The number of carbonyl (C=O) groups is 2. The van der Waals surface area contributed by atoms with Crippen molar-refractivity contribution in [3.8, 4) is 5.75 Å². The zero-order valence-corrected chi connectivity index (χ0v) is 14.7. The molecule has 1 fully saturated rings. The van der Waals surface area contributed by atoms with Gasteiger partial charge in [0.2, 0.25) is 0 Å². The van der Waals surface area contributed by atoms with Gasteiger partial charge in [-0.15, -0.1) is 0 Å². The molecule has 1 aromatic carbocycles. The Balaban J connectivity index is 1.78. The largest absolute Gasteiger partial charge is 0.481 e. The molecule has 1 atom stereocenters. The van der Waals surface area contributed by atoms with E-state index in [-0.39, 0.29) is 18.4 Å². The van der Waals surface area contributed by atoms with Crippen LogP contribution in [0.15, 0.2) is 12.1 Å². The molecule has 0 aromatic heterocycles. The summed E-state index contributed by atoms with van der Waals surface area (Å²) in [7, 11) is 1.65. The summed E-state index contributed by atoms with van der Waals surface area (Å²) in [6.07, 6.45) is 2.26. The Kier molecular flexibility index (Phi) is 4.96. The number of likely N-dealkylation sites (tertiary alicyclic amines) is 1. The summed E-state index contributed by atoms with van der Waals surface area (Å²) in [5.74, 6) is 0.0258. The summed E-state index contributed by atoms with van der Waals surface area (Å²) in [6, 6.07) is 3.60. The lowest BCUT2D eigenvalue weighted by atomic mass is 10.1. The number of nitrogens with zero attached hydrogens (tertiary/aromatic N) is 2. The molecular weight excluding hydrogens is 330 g/mol. The molecule has 1 saturated heterocycles. The number of hydrogen-bond acceptors (Lipinski definition) is 4. The number of amides is 2. The fourth-order valence-corrected chi connectivity index (χ4v) is 3.57. The van der Waals surface area contributed by atoms with E-state index >= 15 is 0 Å². The smallest absolute Gasteiger partial charge is 0.264 e. The van der Waals surface area contributed by atoms with Crippen LogP contribution in [0, 0.1) is 0 Å². The maximum absolute atomic E-state index is 12.6. The van der Waals surface area contributed by atoms with Gasteiger partial charge in [-0.25, -0.2) is 0 Å². The van der Waals surface area contributed by atoms with Gasteiger partial charge >= 0.3 is 0 Å². The van der Waals surface area contributed by atoms with Crippen LogP contribution in [0.25, 0.3) is 0 Å². The van der Waals surface area contributed by atoms with Gasteiger partial charge in [0.1, 0.15) is 0 Å². The Morgan fingerprint density at radius 2 is 2.25 bits per heavy atom. The number of fused-ring (bicyclic) bond motifs is 1. The van der Waals surface area contributed by atoms with Gasteiger partial charge in [-0.05, 0) is 38.1 Å². The Hall–Kier alpha value is -1.79. The lowest BCUT2D eigenvalue weighted by Crippen LogP contribution is -2.41. The zero-order valence-electron chi connectivity index (χ0n) is 14.0. The second-order valence-electron chi connectivity index (χ2n) is 6.18. The van der Waals surface area contributed by atoms with Crippen LogP contribution in [-0.4, -0.2) is 56.0 Å². The number of benzene rings is 1. The fourth-order valence-electron chi connectivity index (χ4n) is 3.36. The number of rotatable bonds is 4. The van der Waals surface area contributed by atoms with Gasteiger partial charge < -0.3 is 15.0 Å². The van der Waals surface area contributed by atoms with Gasteiger partial charge in [0.05, 0.1) is 11.3 Å². The van der Waals surface area contributed by atoms with E-state index in [1.54, 1.807) is 19.2 Å². The van der Waals surface area contributed by atoms with Gasteiger partial charge in [-0.1, -0.05) is 18.5 Å². The van der Waals surface area contributed by atoms with Gasteiger partial charge in [-0.3, -0.25) is 14.5 Å². The maximum Gasteiger partial charge on any atom is 0.264 e. The first-order valence-corrected chi connectivity index (χ1v) is 8.64. The molecule has 3 rings (SSSR count). The number of ether oxygens (including phenoxy) is 1. The summed E-state index contributed by atoms with van der Waals surface area (Å²) < 4.78 is 5.51. The molecule has 6 nitrogen and oxygen atoms in total. The van der Waals surface area contributed by atoms with Gasteiger partial charge in [-0.2, -0.15) is 0 Å². The number of hydrogen-bond donors (Lipinski definition) is 1. The van der Waals surface area contributed by atoms with Crippen molar-refractivity contribution in [3.05, 3.63) is 22.7 Å². The average Bonchev–Trinajstić information content (AvgIpc) is 3.03. The molecule has 2 heterocycles. The van der Waals surface area contributed by atoms with E-state index in [0.717, 1.165) is 25.9 Å². The Morgan fingerprint density at radius 3 is 3.00 bits per heavy atom. The first-order valence-electron chi connectivity index (χ1n) is 8.26. The van der Waals surface area contributed by atoms with Gasteiger partial charge in [0.15, 0.2) is 12.4 Å². The van der Waals surface area contributed by atoms with Crippen molar-refractivity contribution in [1.29, 1.82) is 0 Å².